The van der Waals surface area contributed by atoms with Gasteiger partial charge in [-0.1, -0.05) is 48.1 Å². The average molecular weight is 364 g/mol. The minimum atomic E-state index is -3.67. The van der Waals surface area contributed by atoms with Crippen molar-refractivity contribution in [2.24, 2.45) is 5.16 Å². The van der Waals surface area contributed by atoms with Crippen molar-refractivity contribution in [2.75, 3.05) is 5.75 Å². The zero-order chi connectivity index (χ0) is 17.7. The van der Waals surface area contributed by atoms with Crippen molar-refractivity contribution in [2.45, 2.75) is 27.2 Å². The van der Waals surface area contributed by atoms with Gasteiger partial charge < -0.3 is 5.41 Å². The van der Waals surface area contributed by atoms with E-state index < -0.39 is 10.1 Å². The summed E-state index contributed by atoms with van der Waals surface area (Å²) in [5.41, 5.74) is 3.78. The molecule has 1 N–H and O–H groups in total. The summed E-state index contributed by atoms with van der Waals surface area (Å²) in [6.45, 7) is 5.45. The van der Waals surface area contributed by atoms with Gasteiger partial charge in [0.25, 0.3) is 0 Å². The third kappa shape index (κ3) is 4.36. The second-order valence-corrected chi connectivity index (χ2v) is 7.95. The second kappa shape index (κ2) is 7.81. The number of aryl methyl sites for hydroxylation is 1. The van der Waals surface area contributed by atoms with Crippen LogP contribution < -0.4 is 0 Å². The van der Waals surface area contributed by atoms with Crippen molar-refractivity contribution in [3.8, 4) is 0 Å². The van der Waals surface area contributed by atoms with Crippen LogP contribution in [0.25, 0.3) is 5.57 Å². The van der Waals surface area contributed by atoms with Crippen molar-refractivity contribution in [3.63, 3.8) is 0 Å². The van der Waals surface area contributed by atoms with Crippen molar-refractivity contribution >= 4 is 38.2 Å². The van der Waals surface area contributed by atoms with Crippen LogP contribution in [0.15, 0.2) is 46.5 Å². The quantitative estimate of drug-likeness (QED) is 0.608. The molecule has 1 aromatic rings. The van der Waals surface area contributed by atoms with Gasteiger partial charge in [-0.3, -0.25) is 4.28 Å². The van der Waals surface area contributed by atoms with Crippen molar-refractivity contribution in [1.82, 2.24) is 0 Å². The Hall–Kier alpha value is -1.86. The molecule has 0 unspecified atom stereocenters. The van der Waals surface area contributed by atoms with Crippen molar-refractivity contribution in [1.29, 1.82) is 5.41 Å². The molecule has 0 atom stereocenters. The Morgan fingerprint density at radius 1 is 1.33 bits per heavy atom. The highest BCUT2D eigenvalue weighted by Crippen LogP contribution is 2.33. The highest BCUT2D eigenvalue weighted by atomic mass is 32.2. The van der Waals surface area contributed by atoms with Gasteiger partial charge in [0.2, 0.25) is 0 Å². The molecule has 0 bridgehead atoms. The largest absolute Gasteiger partial charge is 0.328 e. The fourth-order valence-corrected chi connectivity index (χ4v) is 3.86. The van der Waals surface area contributed by atoms with Gasteiger partial charge in [0, 0.05) is 16.9 Å². The summed E-state index contributed by atoms with van der Waals surface area (Å²) in [5, 5.41) is 14.2. The number of oxime groups is 1. The molecule has 0 fully saturated rings. The minimum absolute atomic E-state index is 0.0742. The first-order valence-corrected chi connectivity index (χ1v) is 10.00. The van der Waals surface area contributed by atoms with E-state index in [1.165, 1.54) is 11.8 Å². The molecule has 1 aliphatic heterocycles. The molecule has 0 saturated carbocycles. The van der Waals surface area contributed by atoms with E-state index in [2.05, 4.69) is 5.16 Å². The van der Waals surface area contributed by atoms with Gasteiger partial charge >= 0.3 is 10.1 Å². The zero-order valence-electron chi connectivity index (χ0n) is 13.9. The number of nitrogens with zero attached hydrogens (tertiary/aromatic N) is 1. The summed E-state index contributed by atoms with van der Waals surface area (Å²) < 4.78 is 28.2. The topological polar surface area (TPSA) is 79.6 Å². The molecule has 0 spiro atoms. The van der Waals surface area contributed by atoms with Crippen LogP contribution in [0.2, 0.25) is 0 Å². The number of allylic oxidation sites excluding steroid dienone is 2. The third-order valence-corrected chi connectivity index (χ3v) is 5.39. The maximum atomic E-state index is 11.7. The van der Waals surface area contributed by atoms with Crippen molar-refractivity contribution in [3.05, 3.63) is 52.4 Å². The van der Waals surface area contributed by atoms with Crippen LogP contribution in [0.4, 0.5) is 0 Å². The fraction of sp³-hybridized carbons (Fsp3) is 0.294. The number of thioether (sulfide) groups is 1. The Labute approximate surface area is 147 Å². The third-order valence-electron chi connectivity index (χ3n) is 3.39. The standard InChI is InChI=1S/C17H20N2O3S2/c1-4-11-24(20,21)22-19-17-15(9-10-23-17)16(13(3)18)14-8-6-5-7-12(14)2/h5-10,18H,4,11H2,1-3H3. The lowest BCUT2D eigenvalue weighted by Gasteiger charge is -2.13. The summed E-state index contributed by atoms with van der Waals surface area (Å²) in [7, 11) is -3.67. The Morgan fingerprint density at radius 2 is 2.04 bits per heavy atom. The van der Waals surface area contributed by atoms with E-state index in [0.717, 1.165) is 16.7 Å². The van der Waals surface area contributed by atoms with Gasteiger partial charge in [0.1, 0.15) is 5.04 Å². The lowest BCUT2D eigenvalue weighted by molar-refractivity contribution is 0.340. The van der Waals surface area contributed by atoms with Crippen molar-refractivity contribution < 1.29 is 12.7 Å². The molecule has 0 saturated heterocycles. The highest BCUT2D eigenvalue weighted by Gasteiger charge is 2.21. The average Bonchev–Trinajstić information content (AvgIpc) is 2.95. The molecular formula is C17H20N2O3S2. The summed E-state index contributed by atoms with van der Waals surface area (Å²) in [6.07, 6.45) is 2.30. The Balaban J connectivity index is 2.48. The molecule has 0 aliphatic carbocycles. The number of rotatable bonds is 6. The number of benzene rings is 1. The normalized spacial score (nSPS) is 18.0. The molecule has 128 valence electrons. The molecule has 24 heavy (non-hydrogen) atoms. The summed E-state index contributed by atoms with van der Waals surface area (Å²) in [6, 6.07) is 7.77. The van der Waals surface area contributed by atoms with E-state index in [9.17, 15) is 8.42 Å². The lowest BCUT2D eigenvalue weighted by Crippen LogP contribution is -2.09. The van der Waals surface area contributed by atoms with Gasteiger partial charge in [-0.2, -0.15) is 8.42 Å². The van der Waals surface area contributed by atoms with Gasteiger partial charge in [-0.05, 0) is 42.9 Å². The monoisotopic (exact) mass is 364 g/mol. The van der Waals surface area contributed by atoms with Crippen LogP contribution in [-0.2, 0) is 14.4 Å². The first kappa shape index (κ1) is 18.5. The Morgan fingerprint density at radius 3 is 2.67 bits per heavy atom. The van der Waals surface area contributed by atoms with E-state index in [1.807, 2.05) is 42.7 Å². The SMILES string of the molecule is CCCS(=O)(=O)ON=C1SC=CC1=C(C(C)=N)c1ccccc1C. The molecule has 2 rings (SSSR count). The molecule has 0 aromatic heterocycles. The summed E-state index contributed by atoms with van der Waals surface area (Å²) >= 11 is 1.28. The lowest BCUT2D eigenvalue weighted by atomic mass is 9.93. The summed E-state index contributed by atoms with van der Waals surface area (Å²) in [4.78, 5) is 0. The first-order valence-electron chi connectivity index (χ1n) is 7.54. The highest BCUT2D eigenvalue weighted by molar-refractivity contribution is 8.17. The molecule has 0 amide bonds. The molecule has 0 radical (unpaired) electrons. The van der Waals surface area contributed by atoms with E-state index in [4.69, 9.17) is 9.69 Å². The number of nitrogens with one attached hydrogen (secondary N) is 1. The van der Waals surface area contributed by atoms with E-state index in [-0.39, 0.29) is 5.75 Å². The smallest absolute Gasteiger partial charge is 0.305 e. The van der Waals surface area contributed by atoms with E-state index in [0.29, 0.717) is 22.7 Å². The molecule has 1 aliphatic rings. The zero-order valence-corrected chi connectivity index (χ0v) is 15.5. The van der Waals surface area contributed by atoms with Crippen LogP contribution in [0.5, 0.6) is 0 Å². The fourth-order valence-electron chi connectivity index (χ4n) is 2.34. The van der Waals surface area contributed by atoms with Gasteiger partial charge in [0.05, 0.1) is 5.75 Å². The van der Waals surface area contributed by atoms with E-state index >= 15 is 0 Å². The van der Waals surface area contributed by atoms with Crippen LogP contribution in [0, 0.1) is 12.3 Å². The Kier molecular flexibility index (Phi) is 6.01. The van der Waals surface area contributed by atoms with Crippen LogP contribution >= 0.6 is 11.8 Å². The van der Waals surface area contributed by atoms with Gasteiger partial charge in [0.15, 0.2) is 0 Å². The van der Waals surface area contributed by atoms with Gasteiger partial charge in [-0.25, -0.2) is 0 Å². The molecule has 1 aromatic carbocycles. The van der Waals surface area contributed by atoms with Crippen LogP contribution in [0.3, 0.4) is 0 Å². The first-order chi connectivity index (χ1) is 11.4. The molecule has 7 heteroatoms. The Bertz CT molecular complexity index is 837. The predicted octanol–water partition coefficient (Wildman–Crippen LogP) is 4.12. The summed E-state index contributed by atoms with van der Waals surface area (Å²) in [5.74, 6) is -0.0742. The molecular weight excluding hydrogens is 344 g/mol. The minimum Gasteiger partial charge on any atom is -0.305 e. The molecule has 1 heterocycles. The maximum absolute atomic E-state index is 11.7. The predicted molar refractivity (Wildman–Crippen MR) is 101 cm³/mol. The van der Waals surface area contributed by atoms with Crippen LogP contribution in [0.1, 0.15) is 31.4 Å². The van der Waals surface area contributed by atoms with E-state index in [1.54, 1.807) is 13.8 Å². The molecule has 5 nitrogen and oxygen atoms in total. The second-order valence-electron chi connectivity index (χ2n) is 5.38. The number of hydrogen-bond acceptors (Lipinski definition) is 6. The van der Waals surface area contributed by atoms with Gasteiger partial charge in [-0.15, -0.1) is 0 Å². The maximum Gasteiger partial charge on any atom is 0.328 e. The van der Waals surface area contributed by atoms with Crippen LogP contribution in [-0.4, -0.2) is 24.9 Å². The number of hydrogen-bond donors (Lipinski definition) is 1.